The molecule has 0 unspecified atom stereocenters. The Bertz CT molecular complexity index is 811. The number of carbonyl (C=O) groups is 1. The van der Waals surface area contributed by atoms with E-state index in [1.54, 1.807) is 6.20 Å². The normalized spacial score (nSPS) is 10.6. The van der Waals surface area contributed by atoms with Gasteiger partial charge in [-0.1, -0.05) is 30.3 Å². The van der Waals surface area contributed by atoms with Crippen LogP contribution in [0.2, 0.25) is 0 Å². The first-order chi connectivity index (χ1) is 10.7. The van der Waals surface area contributed by atoms with Crippen LogP contribution in [0.3, 0.4) is 0 Å². The first-order valence-corrected chi connectivity index (χ1v) is 7.83. The van der Waals surface area contributed by atoms with Gasteiger partial charge in [0.25, 0.3) is 0 Å². The van der Waals surface area contributed by atoms with Crippen molar-refractivity contribution in [3.8, 4) is 5.75 Å². The van der Waals surface area contributed by atoms with E-state index in [-0.39, 0.29) is 5.97 Å². The van der Waals surface area contributed by atoms with Crippen LogP contribution < -0.4 is 4.74 Å². The summed E-state index contributed by atoms with van der Waals surface area (Å²) in [7, 11) is 1.38. The van der Waals surface area contributed by atoms with Crippen LogP contribution in [-0.2, 0) is 11.3 Å². The fourth-order valence-electron chi connectivity index (χ4n) is 2.31. The second kappa shape index (κ2) is 6.39. The number of esters is 1. The van der Waals surface area contributed by atoms with E-state index < -0.39 is 0 Å². The number of benzene rings is 2. The molecule has 0 saturated carbocycles. The summed E-state index contributed by atoms with van der Waals surface area (Å²) in [5.74, 6) is 0.360. The van der Waals surface area contributed by atoms with Gasteiger partial charge in [-0.15, -0.1) is 0 Å². The van der Waals surface area contributed by atoms with Gasteiger partial charge in [-0.2, -0.15) is 0 Å². The van der Waals surface area contributed by atoms with Gasteiger partial charge in [-0.25, -0.2) is 4.79 Å². The van der Waals surface area contributed by atoms with Gasteiger partial charge in [0.2, 0.25) is 0 Å². The van der Waals surface area contributed by atoms with Crippen LogP contribution in [0.4, 0.5) is 0 Å². The number of halogens is 1. The standard InChI is InChI=1S/C17H14INO3/c1-21-17(20)12-9-19-16-14(8-7-13(18)15(12)16)22-10-11-5-3-2-4-6-11/h2-9,19H,10H2,1H3. The SMILES string of the molecule is COC(=O)c1c[nH]c2c(OCc3ccccc3)ccc(I)c12. The highest BCUT2D eigenvalue weighted by Crippen LogP contribution is 2.32. The van der Waals surface area contributed by atoms with Crippen LogP contribution in [0, 0.1) is 3.57 Å². The van der Waals surface area contributed by atoms with Gasteiger partial charge >= 0.3 is 5.97 Å². The number of H-pyrrole nitrogens is 1. The lowest BCUT2D eigenvalue weighted by atomic mass is 10.1. The van der Waals surface area contributed by atoms with Gasteiger partial charge in [0.05, 0.1) is 18.2 Å². The topological polar surface area (TPSA) is 51.3 Å². The molecule has 3 rings (SSSR count). The Labute approximate surface area is 141 Å². The number of fused-ring (bicyclic) bond motifs is 1. The lowest BCUT2D eigenvalue weighted by Crippen LogP contribution is -2.00. The minimum absolute atomic E-state index is 0.357. The Balaban J connectivity index is 1.96. The number of hydrogen-bond donors (Lipinski definition) is 1. The first-order valence-electron chi connectivity index (χ1n) is 6.75. The Morgan fingerprint density at radius 2 is 1.95 bits per heavy atom. The van der Waals surface area contributed by atoms with E-state index in [0.717, 1.165) is 25.8 Å². The average Bonchev–Trinajstić information content (AvgIpc) is 3.00. The Morgan fingerprint density at radius 1 is 1.18 bits per heavy atom. The Morgan fingerprint density at radius 3 is 2.68 bits per heavy atom. The fraction of sp³-hybridized carbons (Fsp3) is 0.118. The van der Waals surface area contributed by atoms with Crippen LogP contribution in [0.15, 0.2) is 48.7 Å². The van der Waals surface area contributed by atoms with Crippen LogP contribution in [0.25, 0.3) is 10.9 Å². The zero-order chi connectivity index (χ0) is 15.5. The number of hydrogen-bond acceptors (Lipinski definition) is 3. The minimum Gasteiger partial charge on any atom is -0.487 e. The molecular weight excluding hydrogens is 393 g/mol. The molecule has 4 nitrogen and oxygen atoms in total. The molecule has 0 atom stereocenters. The lowest BCUT2D eigenvalue weighted by molar-refractivity contribution is 0.0603. The molecule has 1 heterocycles. The summed E-state index contributed by atoms with van der Waals surface area (Å²) >= 11 is 2.20. The summed E-state index contributed by atoms with van der Waals surface area (Å²) in [6, 6.07) is 13.8. The first kappa shape index (κ1) is 14.9. The van der Waals surface area contributed by atoms with E-state index in [9.17, 15) is 4.79 Å². The number of aromatic nitrogens is 1. The summed E-state index contributed by atoms with van der Waals surface area (Å²) in [5, 5.41) is 0.831. The maximum Gasteiger partial charge on any atom is 0.340 e. The minimum atomic E-state index is -0.357. The summed E-state index contributed by atoms with van der Waals surface area (Å²) in [5.41, 5.74) is 2.42. The molecule has 0 aliphatic rings. The highest BCUT2D eigenvalue weighted by Gasteiger charge is 2.17. The van der Waals surface area contributed by atoms with Crippen molar-refractivity contribution in [2.45, 2.75) is 6.61 Å². The zero-order valence-electron chi connectivity index (χ0n) is 11.9. The van der Waals surface area contributed by atoms with E-state index in [2.05, 4.69) is 27.6 Å². The Kier molecular flexibility index (Phi) is 4.33. The quantitative estimate of drug-likeness (QED) is 0.523. The smallest absolute Gasteiger partial charge is 0.340 e. The highest BCUT2D eigenvalue weighted by atomic mass is 127. The molecular formula is C17H14INO3. The Hall–Kier alpha value is -2.02. The molecule has 0 amide bonds. The van der Waals surface area contributed by atoms with E-state index in [1.165, 1.54) is 7.11 Å². The average molecular weight is 407 g/mol. The molecule has 1 N–H and O–H groups in total. The van der Waals surface area contributed by atoms with E-state index in [1.807, 2.05) is 42.5 Å². The number of rotatable bonds is 4. The molecule has 0 aliphatic heterocycles. The molecule has 0 bridgehead atoms. The molecule has 22 heavy (non-hydrogen) atoms. The van der Waals surface area contributed by atoms with Crippen molar-refractivity contribution in [1.82, 2.24) is 4.98 Å². The van der Waals surface area contributed by atoms with Crippen molar-refractivity contribution in [3.05, 3.63) is 63.4 Å². The molecule has 5 heteroatoms. The molecule has 112 valence electrons. The van der Waals surface area contributed by atoms with E-state index in [4.69, 9.17) is 9.47 Å². The maximum absolute atomic E-state index is 11.8. The lowest BCUT2D eigenvalue weighted by Gasteiger charge is -2.08. The summed E-state index contributed by atoms with van der Waals surface area (Å²) in [6.07, 6.45) is 1.66. The molecule has 1 aromatic heterocycles. The van der Waals surface area contributed by atoms with Crippen molar-refractivity contribution < 1.29 is 14.3 Å². The number of ether oxygens (including phenoxy) is 2. The van der Waals surface area contributed by atoms with Gasteiger partial charge in [0.1, 0.15) is 12.4 Å². The predicted molar refractivity (Wildman–Crippen MR) is 93.1 cm³/mol. The van der Waals surface area contributed by atoms with Crippen molar-refractivity contribution in [3.63, 3.8) is 0 Å². The molecule has 0 radical (unpaired) electrons. The van der Waals surface area contributed by atoms with Crippen molar-refractivity contribution in [2.24, 2.45) is 0 Å². The third kappa shape index (κ3) is 2.81. The third-order valence-electron chi connectivity index (χ3n) is 3.39. The second-order valence-electron chi connectivity index (χ2n) is 4.76. The van der Waals surface area contributed by atoms with E-state index in [0.29, 0.717) is 12.2 Å². The number of aromatic amines is 1. The maximum atomic E-state index is 11.8. The van der Waals surface area contributed by atoms with Crippen molar-refractivity contribution in [2.75, 3.05) is 7.11 Å². The number of nitrogens with one attached hydrogen (secondary N) is 1. The predicted octanol–water partition coefficient (Wildman–Crippen LogP) is 4.14. The number of carbonyl (C=O) groups excluding carboxylic acids is 1. The molecule has 0 saturated heterocycles. The van der Waals surface area contributed by atoms with Gasteiger partial charge in [-0.3, -0.25) is 0 Å². The second-order valence-corrected chi connectivity index (χ2v) is 5.93. The molecule has 0 aliphatic carbocycles. The van der Waals surface area contributed by atoms with Crippen LogP contribution in [0.5, 0.6) is 5.75 Å². The van der Waals surface area contributed by atoms with Gasteiger partial charge in [0, 0.05) is 15.2 Å². The van der Waals surface area contributed by atoms with Crippen LogP contribution in [-0.4, -0.2) is 18.1 Å². The van der Waals surface area contributed by atoms with Crippen LogP contribution >= 0.6 is 22.6 Å². The highest BCUT2D eigenvalue weighted by molar-refractivity contribution is 14.1. The molecule has 2 aromatic carbocycles. The summed E-state index contributed by atoms with van der Waals surface area (Å²) < 4.78 is 11.7. The van der Waals surface area contributed by atoms with Crippen molar-refractivity contribution >= 4 is 39.5 Å². The van der Waals surface area contributed by atoms with E-state index >= 15 is 0 Å². The van der Waals surface area contributed by atoms with Gasteiger partial charge in [0.15, 0.2) is 0 Å². The fourth-order valence-corrected chi connectivity index (χ4v) is 3.05. The molecule has 3 aromatic rings. The summed E-state index contributed by atoms with van der Waals surface area (Å²) in [4.78, 5) is 15.0. The monoisotopic (exact) mass is 407 g/mol. The third-order valence-corrected chi connectivity index (χ3v) is 4.29. The summed E-state index contributed by atoms with van der Waals surface area (Å²) in [6.45, 7) is 0.475. The molecule has 0 fully saturated rings. The molecule has 0 spiro atoms. The van der Waals surface area contributed by atoms with Crippen molar-refractivity contribution in [1.29, 1.82) is 0 Å². The van der Waals surface area contributed by atoms with Gasteiger partial charge < -0.3 is 14.5 Å². The zero-order valence-corrected chi connectivity index (χ0v) is 14.1. The van der Waals surface area contributed by atoms with Crippen LogP contribution in [0.1, 0.15) is 15.9 Å². The number of methoxy groups -OCH3 is 1. The largest absolute Gasteiger partial charge is 0.487 e. The van der Waals surface area contributed by atoms with Gasteiger partial charge in [-0.05, 0) is 40.3 Å².